The molecule has 0 aliphatic heterocycles. The summed E-state index contributed by atoms with van der Waals surface area (Å²) in [6.45, 7) is 6.33. The van der Waals surface area contributed by atoms with Crippen LogP contribution < -0.4 is 5.32 Å². The molecule has 0 fully saturated rings. The maximum atomic E-state index is 10.9. The Morgan fingerprint density at radius 1 is 1.47 bits per heavy atom. The molecule has 6 heteroatoms. The predicted molar refractivity (Wildman–Crippen MR) is 68.7 cm³/mol. The smallest absolute Gasteiger partial charge is 0.147 e. The van der Waals surface area contributed by atoms with Gasteiger partial charge in [-0.15, -0.1) is 0 Å². The summed E-state index contributed by atoms with van der Waals surface area (Å²) in [7, 11) is -2.84. The number of aromatic nitrogens is 2. The van der Waals surface area contributed by atoms with Crippen LogP contribution >= 0.6 is 0 Å². The largest absolute Gasteiger partial charge is 0.311 e. The first-order valence-corrected chi connectivity index (χ1v) is 7.90. The summed E-state index contributed by atoms with van der Waals surface area (Å²) in [5.74, 6) is 0.242. The Labute approximate surface area is 103 Å². The van der Waals surface area contributed by atoms with Crippen LogP contribution in [0.1, 0.15) is 24.7 Å². The first-order valence-electron chi connectivity index (χ1n) is 5.84. The van der Waals surface area contributed by atoms with Gasteiger partial charge < -0.3 is 5.32 Å². The van der Waals surface area contributed by atoms with Gasteiger partial charge in [0, 0.05) is 19.3 Å². The molecular formula is C11H21N3O2S. The first-order chi connectivity index (χ1) is 7.92. The Kier molecular flexibility index (Phi) is 5.14. The molecule has 0 spiro atoms. The molecule has 17 heavy (non-hydrogen) atoms. The van der Waals surface area contributed by atoms with E-state index in [9.17, 15) is 8.42 Å². The van der Waals surface area contributed by atoms with Gasteiger partial charge in [-0.1, -0.05) is 0 Å². The fraction of sp³-hybridized carbons (Fsp3) is 0.727. The molecule has 0 aliphatic rings. The van der Waals surface area contributed by atoms with Crippen LogP contribution in [0.25, 0.3) is 0 Å². The highest BCUT2D eigenvalue weighted by Gasteiger charge is 2.04. The lowest BCUT2D eigenvalue weighted by molar-refractivity contribution is 0.572. The van der Waals surface area contributed by atoms with Crippen molar-refractivity contribution >= 4 is 9.84 Å². The average molecular weight is 259 g/mol. The lowest BCUT2D eigenvalue weighted by Gasteiger charge is -2.06. The fourth-order valence-corrected chi connectivity index (χ4v) is 2.36. The van der Waals surface area contributed by atoms with E-state index in [4.69, 9.17) is 0 Å². The van der Waals surface area contributed by atoms with Gasteiger partial charge in [0.2, 0.25) is 0 Å². The Hall–Kier alpha value is -0.880. The standard InChI is InChI=1S/C11H21N3O2S/c1-4-14-11(8-10(2)13-14)9-12-6-5-7-17(3,15)16/h8,12H,4-7,9H2,1-3H3. The number of rotatable bonds is 7. The topological polar surface area (TPSA) is 64.0 Å². The molecule has 98 valence electrons. The van der Waals surface area contributed by atoms with Crippen LogP contribution in [0.2, 0.25) is 0 Å². The van der Waals surface area contributed by atoms with Gasteiger partial charge in [-0.2, -0.15) is 5.10 Å². The molecule has 1 heterocycles. The summed E-state index contributed by atoms with van der Waals surface area (Å²) in [6, 6.07) is 2.05. The SMILES string of the molecule is CCn1nc(C)cc1CNCCCS(C)(=O)=O. The Morgan fingerprint density at radius 2 is 2.18 bits per heavy atom. The highest BCUT2D eigenvalue weighted by atomic mass is 32.2. The minimum absolute atomic E-state index is 0.242. The van der Waals surface area contributed by atoms with Crippen molar-refractivity contribution in [3.8, 4) is 0 Å². The second-order valence-electron chi connectivity index (χ2n) is 4.25. The predicted octanol–water partition coefficient (Wildman–Crippen LogP) is 0.736. The minimum atomic E-state index is -2.84. The quantitative estimate of drug-likeness (QED) is 0.733. The number of nitrogens with one attached hydrogen (secondary N) is 1. The second-order valence-corrected chi connectivity index (χ2v) is 6.51. The second kappa shape index (κ2) is 6.16. The molecule has 5 nitrogen and oxygen atoms in total. The summed E-state index contributed by atoms with van der Waals surface area (Å²) in [5.41, 5.74) is 2.16. The van der Waals surface area contributed by atoms with Crippen LogP contribution in [0.4, 0.5) is 0 Å². The van der Waals surface area contributed by atoms with E-state index in [1.165, 1.54) is 6.26 Å². The van der Waals surface area contributed by atoms with Crippen molar-refractivity contribution in [2.45, 2.75) is 33.4 Å². The first kappa shape index (κ1) is 14.2. The van der Waals surface area contributed by atoms with E-state index in [-0.39, 0.29) is 5.75 Å². The van der Waals surface area contributed by atoms with E-state index in [2.05, 4.69) is 17.3 Å². The van der Waals surface area contributed by atoms with Gasteiger partial charge >= 0.3 is 0 Å². The third kappa shape index (κ3) is 5.32. The summed E-state index contributed by atoms with van der Waals surface area (Å²) < 4.78 is 23.8. The molecule has 1 aromatic rings. The number of sulfone groups is 1. The molecule has 0 aromatic carbocycles. The van der Waals surface area contributed by atoms with Gasteiger partial charge in [0.1, 0.15) is 9.84 Å². The zero-order valence-electron chi connectivity index (χ0n) is 10.7. The van der Waals surface area contributed by atoms with E-state index in [0.29, 0.717) is 13.0 Å². The van der Waals surface area contributed by atoms with Crippen LogP contribution in [0.5, 0.6) is 0 Å². The van der Waals surface area contributed by atoms with Gasteiger partial charge in [0.15, 0.2) is 0 Å². The number of nitrogens with zero attached hydrogens (tertiary/aromatic N) is 2. The van der Waals surface area contributed by atoms with Crippen LogP contribution in [-0.4, -0.2) is 36.8 Å². The van der Waals surface area contributed by atoms with Gasteiger partial charge in [0.05, 0.1) is 17.1 Å². The van der Waals surface area contributed by atoms with E-state index >= 15 is 0 Å². The molecule has 1 N–H and O–H groups in total. The highest BCUT2D eigenvalue weighted by Crippen LogP contribution is 2.03. The van der Waals surface area contributed by atoms with Crippen LogP contribution in [0.3, 0.4) is 0 Å². The molecule has 1 rings (SSSR count). The molecule has 0 bridgehead atoms. The normalized spacial score (nSPS) is 11.9. The van der Waals surface area contributed by atoms with Crippen LogP contribution in [0, 0.1) is 6.92 Å². The van der Waals surface area contributed by atoms with E-state index in [1.54, 1.807) is 0 Å². The third-order valence-electron chi connectivity index (χ3n) is 2.46. The van der Waals surface area contributed by atoms with Crippen molar-refractivity contribution in [2.24, 2.45) is 0 Å². The van der Waals surface area contributed by atoms with E-state index in [1.807, 2.05) is 17.7 Å². The van der Waals surface area contributed by atoms with Crippen molar-refractivity contribution in [3.63, 3.8) is 0 Å². The van der Waals surface area contributed by atoms with Crippen LogP contribution in [-0.2, 0) is 22.9 Å². The van der Waals surface area contributed by atoms with Crippen molar-refractivity contribution in [2.75, 3.05) is 18.6 Å². The lowest BCUT2D eigenvalue weighted by Crippen LogP contribution is -2.19. The third-order valence-corrected chi connectivity index (χ3v) is 3.49. The molecular weight excluding hydrogens is 238 g/mol. The molecule has 0 saturated heterocycles. The zero-order valence-corrected chi connectivity index (χ0v) is 11.5. The minimum Gasteiger partial charge on any atom is -0.311 e. The van der Waals surface area contributed by atoms with Crippen molar-refractivity contribution < 1.29 is 8.42 Å². The summed E-state index contributed by atoms with van der Waals surface area (Å²) >= 11 is 0. The maximum Gasteiger partial charge on any atom is 0.147 e. The molecule has 0 aliphatic carbocycles. The molecule has 0 atom stereocenters. The Balaban J connectivity index is 2.31. The van der Waals surface area contributed by atoms with Crippen LogP contribution in [0.15, 0.2) is 6.07 Å². The zero-order chi connectivity index (χ0) is 12.9. The molecule has 0 unspecified atom stereocenters. The molecule has 0 radical (unpaired) electrons. The van der Waals surface area contributed by atoms with Crippen molar-refractivity contribution in [1.29, 1.82) is 0 Å². The number of hydrogen-bond acceptors (Lipinski definition) is 4. The number of aryl methyl sites for hydroxylation is 2. The van der Waals surface area contributed by atoms with Gasteiger partial charge in [-0.05, 0) is 32.9 Å². The van der Waals surface area contributed by atoms with Gasteiger partial charge in [-0.3, -0.25) is 4.68 Å². The highest BCUT2D eigenvalue weighted by molar-refractivity contribution is 7.90. The van der Waals surface area contributed by atoms with Crippen molar-refractivity contribution in [1.82, 2.24) is 15.1 Å². The Bertz CT molecular complexity index is 451. The number of hydrogen-bond donors (Lipinski definition) is 1. The van der Waals surface area contributed by atoms with Gasteiger partial charge in [0.25, 0.3) is 0 Å². The maximum absolute atomic E-state index is 10.9. The molecule has 1 aromatic heterocycles. The molecule has 0 saturated carbocycles. The van der Waals surface area contributed by atoms with E-state index < -0.39 is 9.84 Å². The van der Waals surface area contributed by atoms with E-state index in [0.717, 1.165) is 24.5 Å². The van der Waals surface area contributed by atoms with Crippen molar-refractivity contribution in [3.05, 3.63) is 17.5 Å². The fourth-order valence-electron chi connectivity index (χ4n) is 1.69. The van der Waals surface area contributed by atoms with Gasteiger partial charge in [-0.25, -0.2) is 8.42 Å². The molecule has 0 amide bonds. The summed E-state index contributed by atoms with van der Waals surface area (Å²) in [6.07, 6.45) is 1.92. The Morgan fingerprint density at radius 3 is 2.76 bits per heavy atom. The monoisotopic (exact) mass is 259 g/mol. The summed E-state index contributed by atoms with van der Waals surface area (Å²) in [4.78, 5) is 0. The lowest BCUT2D eigenvalue weighted by atomic mass is 10.3. The average Bonchev–Trinajstić information content (AvgIpc) is 2.57. The summed E-state index contributed by atoms with van der Waals surface area (Å²) in [5, 5.41) is 7.59.